The fourth-order valence-corrected chi connectivity index (χ4v) is 2.66. The van der Waals surface area contributed by atoms with E-state index in [1.165, 1.54) is 12.1 Å². The van der Waals surface area contributed by atoms with Crippen molar-refractivity contribution in [2.45, 2.75) is 6.18 Å². The van der Waals surface area contributed by atoms with Crippen molar-refractivity contribution >= 4 is 18.4 Å². The Balaban J connectivity index is 2.28. The molecule has 0 aliphatic carbocycles. The Morgan fingerprint density at radius 3 is 1.78 bits per heavy atom. The Morgan fingerprint density at radius 1 is 0.778 bits per heavy atom. The van der Waals surface area contributed by atoms with Crippen LogP contribution in [0, 0.1) is 0 Å². The van der Waals surface area contributed by atoms with E-state index in [0.29, 0.717) is 10.6 Å². The molecule has 0 spiro atoms. The summed E-state index contributed by atoms with van der Waals surface area (Å²) < 4.78 is 49.2. The van der Waals surface area contributed by atoms with E-state index < -0.39 is 19.5 Å². The molecule has 0 saturated carbocycles. The molecule has 0 fully saturated rings. The molecule has 0 aromatic heterocycles. The SMILES string of the molecule is O=[P+](c1ccccc1)c1ccc(C(F)(F)F)cc1. The molecule has 0 aliphatic rings. The van der Waals surface area contributed by atoms with Gasteiger partial charge < -0.3 is 0 Å². The Morgan fingerprint density at radius 2 is 1.28 bits per heavy atom. The zero-order valence-electron chi connectivity index (χ0n) is 9.19. The lowest BCUT2D eigenvalue weighted by Gasteiger charge is -2.04. The summed E-state index contributed by atoms with van der Waals surface area (Å²) in [4.78, 5) is 0. The third-order valence-corrected chi connectivity index (χ3v) is 3.95. The van der Waals surface area contributed by atoms with Gasteiger partial charge in [0.25, 0.3) is 0 Å². The minimum Gasteiger partial charge on any atom is -0.166 e. The van der Waals surface area contributed by atoms with Gasteiger partial charge in [0.05, 0.1) is 5.56 Å². The van der Waals surface area contributed by atoms with Crippen LogP contribution in [0.1, 0.15) is 5.56 Å². The van der Waals surface area contributed by atoms with Gasteiger partial charge in [0, 0.05) is 0 Å². The van der Waals surface area contributed by atoms with E-state index in [2.05, 4.69) is 0 Å². The zero-order chi connectivity index (χ0) is 13.2. The van der Waals surface area contributed by atoms with Crippen LogP contribution < -0.4 is 10.6 Å². The highest BCUT2D eigenvalue weighted by Crippen LogP contribution is 2.29. The van der Waals surface area contributed by atoms with Gasteiger partial charge in [-0.15, -0.1) is 0 Å². The lowest BCUT2D eigenvalue weighted by molar-refractivity contribution is -0.137. The van der Waals surface area contributed by atoms with Gasteiger partial charge in [0.15, 0.2) is 10.6 Å². The normalized spacial score (nSPS) is 12.3. The third-order valence-electron chi connectivity index (χ3n) is 2.42. The van der Waals surface area contributed by atoms with Crippen molar-refractivity contribution < 1.29 is 17.7 Å². The largest absolute Gasteiger partial charge is 0.416 e. The highest BCUT2D eigenvalue weighted by atomic mass is 31.1. The minimum atomic E-state index is -4.36. The lowest BCUT2D eigenvalue weighted by atomic mass is 10.2. The highest BCUT2D eigenvalue weighted by Gasteiger charge is 2.31. The Bertz CT molecular complexity index is 547. The quantitative estimate of drug-likeness (QED) is 0.763. The van der Waals surface area contributed by atoms with Gasteiger partial charge in [-0.05, 0) is 36.4 Å². The summed E-state index contributed by atoms with van der Waals surface area (Å²) in [6.07, 6.45) is -4.36. The molecule has 5 heteroatoms. The molecule has 0 radical (unpaired) electrons. The molecule has 2 aromatic carbocycles. The van der Waals surface area contributed by atoms with Crippen molar-refractivity contribution in [3.8, 4) is 0 Å². The molecule has 1 nitrogen and oxygen atoms in total. The molecule has 0 bridgehead atoms. The standard InChI is InChI=1S/C13H9F3OP/c14-13(15,16)10-6-8-12(9-7-10)18(17)11-4-2-1-3-5-11/h1-9H/q+1. The van der Waals surface area contributed by atoms with Crippen molar-refractivity contribution in [1.82, 2.24) is 0 Å². The first-order valence-corrected chi connectivity index (χ1v) is 6.44. The second-order valence-electron chi connectivity index (χ2n) is 3.67. The van der Waals surface area contributed by atoms with Crippen LogP contribution in [0.4, 0.5) is 13.2 Å². The van der Waals surface area contributed by atoms with Crippen molar-refractivity contribution in [3.05, 3.63) is 60.2 Å². The Hall–Kier alpha value is -1.67. The molecule has 92 valence electrons. The average molecular weight is 269 g/mol. The third kappa shape index (κ3) is 2.77. The van der Waals surface area contributed by atoms with E-state index >= 15 is 0 Å². The average Bonchev–Trinajstić information content (AvgIpc) is 2.38. The number of rotatable bonds is 2. The van der Waals surface area contributed by atoms with Crippen LogP contribution in [0.2, 0.25) is 0 Å². The molecule has 0 amide bonds. The van der Waals surface area contributed by atoms with E-state index in [1.54, 1.807) is 30.3 Å². The van der Waals surface area contributed by atoms with Crippen LogP contribution in [0.3, 0.4) is 0 Å². The molecular formula is C13H9F3OP+. The molecular weight excluding hydrogens is 260 g/mol. The number of benzene rings is 2. The zero-order valence-corrected chi connectivity index (χ0v) is 10.1. The molecule has 1 unspecified atom stereocenters. The van der Waals surface area contributed by atoms with Crippen molar-refractivity contribution in [2.75, 3.05) is 0 Å². The monoisotopic (exact) mass is 269 g/mol. The fourth-order valence-electron chi connectivity index (χ4n) is 1.50. The van der Waals surface area contributed by atoms with Crippen LogP contribution >= 0.6 is 7.80 Å². The highest BCUT2D eigenvalue weighted by molar-refractivity contribution is 7.61. The van der Waals surface area contributed by atoms with Gasteiger partial charge in [-0.2, -0.15) is 13.2 Å². The predicted octanol–water partition coefficient (Wildman–Crippen LogP) is 3.48. The smallest absolute Gasteiger partial charge is 0.166 e. The molecule has 18 heavy (non-hydrogen) atoms. The summed E-state index contributed by atoms with van der Waals surface area (Å²) in [5, 5.41) is 0.997. The Labute approximate surface area is 103 Å². The summed E-state index contributed by atoms with van der Waals surface area (Å²) in [5.41, 5.74) is -0.734. The number of hydrogen-bond donors (Lipinski definition) is 0. The first kappa shape index (κ1) is 12.8. The van der Waals surface area contributed by atoms with Crippen molar-refractivity contribution in [1.29, 1.82) is 0 Å². The van der Waals surface area contributed by atoms with Crippen LogP contribution in [0.15, 0.2) is 54.6 Å². The molecule has 2 rings (SSSR count). The summed E-state index contributed by atoms with van der Waals surface area (Å²) in [6, 6.07) is 13.1. The van der Waals surface area contributed by atoms with Crippen LogP contribution in [0.25, 0.3) is 0 Å². The summed E-state index contributed by atoms with van der Waals surface area (Å²) in [6.45, 7) is 0. The fraction of sp³-hybridized carbons (Fsp3) is 0.0769. The first-order chi connectivity index (χ1) is 8.48. The van der Waals surface area contributed by atoms with E-state index in [1.807, 2.05) is 0 Å². The van der Waals surface area contributed by atoms with Crippen LogP contribution in [-0.4, -0.2) is 0 Å². The summed E-state index contributed by atoms with van der Waals surface area (Å²) in [7, 11) is -1.84. The summed E-state index contributed by atoms with van der Waals surface area (Å²) >= 11 is 0. The lowest BCUT2D eigenvalue weighted by Crippen LogP contribution is -2.09. The number of alkyl halides is 3. The van der Waals surface area contributed by atoms with Gasteiger partial charge in [-0.1, -0.05) is 22.8 Å². The molecule has 2 aromatic rings. The van der Waals surface area contributed by atoms with Gasteiger partial charge >= 0.3 is 14.0 Å². The topological polar surface area (TPSA) is 17.1 Å². The van der Waals surface area contributed by atoms with Crippen molar-refractivity contribution in [2.24, 2.45) is 0 Å². The maximum Gasteiger partial charge on any atom is 0.416 e. The molecule has 0 N–H and O–H groups in total. The van der Waals surface area contributed by atoms with Crippen LogP contribution in [-0.2, 0) is 10.7 Å². The van der Waals surface area contributed by atoms with Crippen molar-refractivity contribution in [3.63, 3.8) is 0 Å². The number of halogens is 3. The molecule has 0 aliphatic heterocycles. The molecule has 0 saturated heterocycles. The molecule has 0 heterocycles. The number of hydrogen-bond acceptors (Lipinski definition) is 1. The van der Waals surface area contributed by atoms with E-state index in [4.69, 9.17) is 0 Å². The predicted molar refractivity (Wildman–Crippen MR) is 64.8 cm³/mol. The first-order valence-electron chi connectivity index (χ1n) is 5.18. The van der Waals surface area contributed by atoms with E-state index in [0.717, 1.165) is 12.1 Å². The van der Waals surface area contributed by atoms with Crippen LogP contribution in [0.5, 0.6) is 0 Å². The maximum absolute atomic E-state index is 12.4. The minimum absolute atomic E-state index is 0.393. The van der Waals surface area contributed by atoms with Gasteiger partial charge in [0.2, 0.25) is 0 Å². The van der Waals surface area contributed by atoms with Gasteiger partial charge in [-0.25, -0.2) is 0 Å². The Kier molecular flexibility index (Phi) is 3.48. The second kappa shape index (κ2) is 4.91. The maximum atomic E-state index is 12.4. The molecule has 1 atom stereocenters. The van der Waals surface area contributed by atoms with E-state index in [9.17, 15) is 17.7 Å². The summed E-state index contributed by atoms with van der Waals surface area (Å²) in [5.74, 6) is 0. The van der Waals surface area contributed by atoms with E-state index in [-0.39, 0.29) is 0 Å². The second-order valence-corrected chi connectivity index (χ2v) is 5.30. The van der Waals surface area contributed by atoms with Gasteiger partial charge in [-0.3, -0.25) is 0 Å². The van der Waals surface area contributed by atoms with Gasteiger partial charge in [0.1, 0.15) is 0 Å².